The molecule has 0 saturated heterocycles. The van der Waals surface area contributed by atoms with Crippen LogP contribution in [-0.2, 0) is 0 Å². The summed E-state index contributed by atoms with van der Waals surface area (Å²) in [4.78, 5) is 21.8. The summed E-state index contributed by atoms with van der Waals surface area (Å²) in [5.74, 6) is -1.07. The van der Waals surface area contributed by atoms with Crippen molar-refractivity contribution in [2.75, 3.05) is 5.33 Å². The summed E-state index contributed by atoms with van der Waals surface area (Å²) in [7, 11) is 0. The monoisotopic (exact) mass is 346 g/mol. The molecule has 1 rings (SSSR count). The maximum absolute atomic E-state index is 13.7. The lowest BCUT2D eigenvalue weighted by atomic mass is 10.0. The number of non-ortho nitro benzene ring substituents is 1. The summed E-state index contributed by atoms with van der Waals surface area (Å²) in [6.07, 6.45) is 0.756. The number of carbonyl (C=O) groups is 1. The van der Waals surface area contributed by atoms with Crippen molar-refractivity contribution < 1.29 is 14.1 Å². The van der Waals surface area contributed by atoms with Crippen LogP contribution >= 0.6 is 15.9 Å². The fourth-order valence-corrected chi connectivity index (χ4v) is 2.22. The molecule has 0 aromatic heterocycles. The predicted octanol–water partition coefficient (Wildman–Crippen LogP) is 3.27. The van der Waals surface area contributed by atoms with Gasteiger partial charge >= 0.3 is 0 Å². The molecule has 1 amide bonds. The van der Waals surface area contributed by atoms with Crippen LogP contribution in [0.25, 0.3) is 0 Å². The van der Waals surface area contributed by atoms with E-state index in [2.05, 4.69) is 21.2 Å². The van der Waals surface area contributed by atoms with E-state index in [0.717, 1.165) is 24.6 Å². The summed E-state index contributed by atoms with van der Waals surface area (Å²) < 4.78 is 13.7. The molecule has 0 aliphatic carbocycles. The Kier molecular flexibility index (Phi) is 6.06. The van der Waals surface area contributed by atoms with E-state index in [9.17, 15) is 19.3 Å². The highest BCUT2D eigenvalue weighted by atomic mass is 79.9. The molecule has 1 aromatic rings. The van der Waals surface area contributed by atoms with Gasteiger partial charge in [0.05, 0.1) is 16.6 Å². The minimum absolute atomic E-state index is 0.114. The van der Waals surface area contributed by atoms with Crippen molar-refractivity contribution in [2.24, 2.45) is 5.92 Å². The van der Waals surface area contributed by atoms with Crippen LogP contribution in [0.3, 0.4) is 0 Å². The van der Waals surface area contributed by atoms with Crippen molar-refractivity contribution in [3.63, 3.8) is 0 Å². The topological polar surface area (TPSA) is 72.2 Å². The highest BCUT2D eigenvalue weighted by Crippen LogP contribution is 2.17. The van der Waals surface area contributed by atoms with Gasteiger partial charge < -0.3 is 5.32 Å². The Hall–Kier alpha value is -1.50. The lowest BCUT2D eigenvalue weighted by Gasteiger charge is -2.18. The average Bonchev–Trinajstić information content (AvgIpc) is 2.36. The molecule has 0 fully saturated rings. The van der Waals surface area contributed by atoms with E-state index in [-0.39, 0.29) is 17.3 Å². The van der Waals surface area contributed by atoms with Crippen LogP contribution in [0.4, 0.5) is 10.1 Å². The fraction of sp³-hybridized carbons (Fsp3) is 0.462. The van der Waals surface area contributed by atoms with Crippen molar-refractivity contribution in [2.45, 2.75) is 26.3 Å². The Morgan fingerprint density at radius 1 is 1.50 bits per heavy atom. The Morgan fingerprint density at radius 2 is 2.15 bits per heavy atom. The predicted molar refractivity (Wildman–Crippen MR) is 77.6 cm³/mol. The third kappa shape index (κ3) is 4.56. The number of nitrogens with zero attached hydrogens (tertiary/aromatic N) is 1. The molecule has 5 nitrogen and oxygen atoms in total. The van der Waals surface area contributed by atoms with Crippen LogP contribution in [0.15, 0.2) is 18.2 Å². The van der Waals surface area contributed by atoms with Crippen molar-refractivity contribution in [1.29, 1.82) is 0 Å². The number of amides is 1. The van der Waals surface area contributed by atoms with E-state index in [1.165, 1.54) is 0 Å². The third-order valence-corrected chi connectivity index (χ3v) is 3.47. The van der Waals surface area contributed by atoms with Crippen LogP contribution in [0.2, 0.25) is 0 Å². The molecule has 0 bridgehead atoms. The molecule has 0 aliphatic heterocycles. The van der Waals surface area contributed by atoms with Crippen molar-refractivity contribution in [1.82, 2.24) is 5.32 Å². The number of nitrogens with one attached hydrogen (secondary N) is 1. The van der Waals surface area contributed by atoms with Crippen LogP contribution in [0, 0.1) is 21.8 Å². The molecule has 1 N–H and O–H groups in total. The van der Waals surface area contributed by atoms with E-state index in [4.69, 9.17) is 0 Å². The molecule has 0 radical (unpaired) electrons. The molecular formula is C13H16BrFN2O3. The Bertz CT molecular complexity index is 508. The smallest absolute Gasteiger partial charge is 0.272 e. The number of benzene rings is 1. The van der Waals surface area contributed by atoms with Gasteiger partial charge in [-0.1, -0.05) is 29.8 Å². The van der Waals surface area contributed by atoms with Gasteiger partial charge in [-0.25, -0.2) is 4.39 Å². The summed E-state index contributed by atoms with van der Waals surface area (Å²) in [5, 5.41) is 13.8. The summed E-state index contributed by atoms with van der Waals surface area (Å²) in [6.45, 7) is 4.04. The summed E-state index contributed by atoms with van der Waals surface area (Å²) >= 11 is 3.30. The van der Waals surface area contributed by atoms with Crippen LogP contribution < -0.4 is 5.32 Å². The molecule has 0 saturated carbocycles. The Labute approximate surface area is 124 Å². The van der Waals surface area contributed by atoms with Gasteiger partial charge in [-0.2, -0.15) is 0 Å². The zero-order valence-corrected chi connectivity index (χ0v) is 12.8. The lowest BCUT2D eigenvalue weighted by Crippen LogP contribution is -2.37. The Morgan fingerprint density at radius 3 is 2.60 bits per heavy atom. The molecule has 0 heterocycles. The van der Waals surface area contributed by atoms with E-state index in [0.29, 0.717) is 11.2 Å². The fourth-order valence-electron chi connectivity index (χ4n) is 1.79. The molecule has 110 valence electrons. The highest BCUT2D eigenvalue weighted by molar-refractivity contribution is 9.09. The second-order valence-electron chi connectivity index (χ2n) is 4.88. The van der Waals surface area contributed by atoms with Gasteiger partial charge in [0.25, 0.3) is 11.6 Å². The molecule has 1 aromatic carbocycles. The molecule has 0 aliphatic rings. The quantitative estimate of drug-likeness (QED) is 0.488. The second-order valence-corrected chi connectivity index (χ2v) is 5.52. The number of halogens is 2. The molecule has 1 atom stereocenters. The molecular weight excluding hydrogens is 331 g/mol. The third-order valence-electron chi connectivity index (χ3n) is 2.69. The number of nitro benzene ring substituents is 1. The first-order chi connectivity index (χ1) is 9.35. The van der Waals surface area contributed by atoms with Gasteiger partial charge in [0.1, 0.15) is 5.82 Å². The van der Waals surface area contributed by atoms with Crippen LogP contribution in [-0.4, -0.2) is 22.2 Å². The Balaban J connectivity index is 2.84. The highest BCUT2D eigenvalue weighted by Gasteiger charge is 2.19. The largest absolute Gasteiger partial charge is 0.348 e. The van der Waals surface area contributed by atoms with Crippen molar-refractivity contribution in [3.05, 3.63) is 39.7 Å². The van der Waals surface area contributed by atoms with Gasteiger partial charge in [0.15, 0.2) is 0 Å². The van der Waals surface area contributed by atoms with Gasteiger partial charge in [-0.3, -0.25) is 14.9 Å². The molecule has 1 unspecified atom stereocenters. The van der Waals surface area contributed by atoms with Gasteiger partial charge in [0, 0.05) is 17.4 Å². The first-order valence-corrected chi connectivity index (χ1v) is 7.28. The van der Waals surface area contributed by atoms with Gasteiger partial charge in [-0.15, -0.1) is 0 Å². The first-order valence-electron chi connectivity index (χ1n) is 6.16. The number of rotatable bonds is 6. The van der Waals surface area contributed by atoms with E-state index in [1.54, 1.807) is 0 Å². The van der Waals surface area contributed by atoms with Crippen molar-refractivity contribution >= 4 is 27.5 Å². The SMILES string of the molecule is CC(C)CC(CBr)NC(=O)c1ccc([N+](=O)[O-])cc1F. The standard InChI is InChI=1S/C13H16BrFN2O3/c1-8(2)5-9(7-14)16-13(18)11-4-3-10(17(19)20)6-12(11)15/h3-4,6,8-9H,5,7H2,1-2H3,(H,16,18). The van der Waals surface area contributed by atoms with Crippen LogP contribution in [0.5, 0.6) is 0 Å². The number of carbonyl (C=O) groups excluding carboxylic acids is 1. The maximum atomic E-state index is 13.7. The lowest BCUT2D eigenvalue weighted by molar-refractivity contribution is -0.385. The zero-order valence-electron chi connectivity index (χ0n) is 11.2. The molecule has 20 heavy (non-hydrogen) atoms. The van der Waals surface area contributed by atoms with E-state index in [1.807, 2.05) is 13.8 Å². The van der Waals surface area contributed by atoms with Gasteiger partial charge in [-0.05, 0) is 18.4 Å². The van der Waals surface area contributed by atoms with E-state index < -0.39 is 16.6 Å². The van der Waals surface area contributed by atoms with E-state index >= 15 is 0 Å². The normalized spacial score (nSPS) is 12.2. The summed E-state index contributed by atoms with van der Waals surface area (Å²) in [6, 6.07) is 2.88. The first kappa shape index (κ1) is 16.6. The maximum Gasteiger partial charge on any atom is 0.272 e. The van der Waals surface area contributed by atoms with Gasteiger partial charge in [0.2, 0.25) is 0 Å². The number of nitro groups is 1. The minimum Gasteiger partial charge on any atom is -0.348 e. The molecule has 7 heteroatoms. The minimum atomic E-state index is -0.894. The molecule has 0 spiro atoms. The zero-order chi connectivity index (χ0) is 15.3. The van der Waals surface area contributed by atoms with Crippen molar-refractivity contribution in [3.8, 4) is 0 Å². The van der Waals surface area contributed by atoms with Crippen LogP contribution in [0.1, 0.15) is 30.6 Å². The number of alkyl halides is 1. The number of hydrogen-bond donors (Lipinski definition) is 1. The number of hydrogen-bond acceptors (Lipinski definition) is 3. The second kappa shape index (κ2) is 7.33. The summed E-state index contributed by atoms with van der Waals surface area (Å²) in [5.41, 5.74) is -0.566. The average molecular weight is 347 g/mol.